The van der Waals surface area contributed by atoms with Crippen LogP contribution >= 0.6 is 0 Å². The summed E-state index contributed by atoms with van der Waals surface area (Å²) in [7, 11) is 0. The second kappa shape index (κ2) is 3.59. The lowest BCUT2D eigenvalue weighted by Gasteiger charge is -2.10. The standard InChI is InChI=1S/C9H14N2O/c1-2-3-6-11-8(12)9(7-10)4-5-9/h4-7,10H2,1H3,(H,11,12). The molecule has 0 atom stereocenters. The minimum atomic E-state index is -0.241. The van der Waals surface area contributed by atoms with Gasteiger partial charge in [0.05, 0.1) is 12.0 Å². The van der Waals surface area contributed by atoms with E-state index in [9.17, 15) is 4.79 Å². The van der Waals surface area contributed by atoms with Gasteiger partial charge in [-0.25, -0.2) is 0 Å². The zero-order valence-corrected chi connectivity index (χ0v) is 7.31. The van der Waals surface area contributed by atoms with Gasteiger partial charge >= 0.3 is 0 Å². The first-order valence-electron chi connectivity index (χ1n) is 4.13. The molecule has 0 saturated heterocycles. The summed E-state index contributed by atoms with van der Waals surface area (Å²) in [6.45, 7) is 2.65. The van der Waals surface area contributed by atoms with Gasteiger partial charge < -0.3 is 11.1 Å². The van der Waals surface area contributed by atoms with Crippen LogP contribution in [0, 0.1) is 17.3 Å². The van der Waals surface area contributed by atoms with E-state index in [1.54, 1.807) is 6.92 Å². The average Bonchev–Trinajstić information content (AvgIpc) is 2.85. The molecule has 3 nitrogen and oxygen atoms in total. The van der Waals surface area contributed by atoms with Crippen molar-refractivity contribution in [1.82, 2.24) is 5.32 Å². The number of nitrogens with one attached hydrogen (secondary N) is 1. The topological polar surface area (TPSA) is 55.1 Å². The van der Waals surface area contributed by atoms with Crippen molar-refractivity contribution in [3.8, 4) is 11.8 Å². The molecule has 0 aromatic carbocycles. The van der Waals surface area contributed by atoms with Gasteiger partial charge in [0.2, 0.25) is 5.91 Å². The van der Waals surface area contributed by atoms with Crippen LogP contribution in [0.4, 0.5) is 0 Å². The first-order valence-corrected chi connectivity index (χ1v) is 4.13. The number of carbonyl (C=O) groups is 1. The van der Waals surface area contributed by atoms with Crippen LogP contribution in [-0.2, 0) is 4.79 Å². The van der Waals surface area contributed by atoms with E-state index in [1.807, 2.05) is 0 Å². The highest BCUT2D eigenvalue weighted by Gasteiger charge is 2.48. The van der Waals surface area contributed by atoms with Crippen molar-refractivity contribution in [3.63, 3.8) is 0 Å². The van der Waals surface area contributed by atoms with E-state index >= 15 is 0 Å². The van der Waals surface area contributed by atoms with Gasteiger partial charge in [-0.1, -0.05) is 5.92 Å². The van der Waals surface area contributed by atoms with Crippen LogP contribution in [0.15, 0.2) is 0 Å². The fourth-order valence-electron chi connectivity index (χ4n) is 1.08. The van der Waals surface area contributed by atoms with Gasteiger partial charge in [-0.05, 0) is 19.8 Å². The van der Waals surface area contributed by atoms with Crippen LogP contribution in [0.2, 0.25) is 0 Å². The molecule has 0 aliphatic heterocycles. The number of hydrogen-bond acceptors (Lipinski definition) is 2. The number of amides is 1. The van der Waals surface area contributed by atoms with E-state index in [4.69, 9.17) is 5.73 Å². The number of rotatable bonds is 3. The average molecular weight is 166 g/mol. The van der Waals surface area contributed by atoms with Crippen LogP contribution in [0.5, 0.6) is 0 Å². The molecule has 0 radical (unpaired) electrons. The molecule has 12 heavy (non-hydrogen) atoms. The van der Waals surface area contributed by atoms with Crippen molar-refractivity contribution in [2.24, 2.45) is 11.1 Å². The molecule has 3 N–H and O–H groups in total. The summed E-state index contributed by atoms with van der Waals surface area (Å²) in [6, 6.07) is 0. The van der Waals surface area contributed by atoms with Gasteiger partial charge in [0, 0.05) is 6.54 Å². The van der Waals surface area contributed by atoms with Gasteiger partial charge in [-0.15, -0.1) is 5.92 Å². The zero-order chi connectivity index (χ0) is 9.03. The molecule has 0 unspecified atom stereocenters. The Hall–Kier alpha value is -1.01. The monoisotopic (exact) mass is 166 g/mol. The smallest absolute Gasteiger partial charge is 0.228 e. The summed E-state index contributed by atoms with van der Waals surface area (Å²) in [5.74, 6) is 5.56. The Morgan fingerprint density at radius 2 is 2.33 bits per heavy atom. The summed E-state index contributed by atoms with van der Waals surface area (Å²) in [6.07, 6.45) is 1.85. The molecule has 0 aromatic rings. The fraction of sp³-hybridized carbons (Fsp3) is 0.667. The normalized spacial score (nSPS) is 17.5. The Bertz CT molecular complexity index is 233. The molecule has 1 saturated carbocycles. The van der Waals surface area contributed by atoms with E-state index in [2.05, 4.69) is 17.2 Å². The summed E-state index contributed by atoms with van der Waals surface area (Å²) in [5, 5.41) is 2.74. The maximum absolute atomic E-state index is 11.4. The molecule has 1 amide bonds. The second-order valence-corrected chi connectivity index (χ2v) is 3.09. The summed E-state index contributed by atoms with van der Waals surface area (Å²) >= 11 is 0. The SMILES string of the molecule is CC#CCNC(=O)C1(CN)CC1. The van der Waals surface area contributed by atoms with Crippen LogP contribution in [-0.4, -0.2) is 19.0 Å². The molecule has 0 aromatic heterocycles. The summed E-state index contributed by atoms with van der Waals surface area (Å²) in [4.78, 5) is 11.4. The zero-order valence-electron chi connectivity index (χ0n) is 7.31. The summed E-state index contributed by atoms with van der Waals surface area (Å²) < 4.78 is 0. The molecule has 3 heteroatoms. The van der Waals surface area contributed by atoms with E-state index in [1.165, 1.54) is 0 Å². The van der Waals surface area contributed by atoms with Crippen molar-refractivity contribution in [2.75, 3.05) is 13.1 Å². The fourth-order valence-corrected chi connectivity index (χ4v) is 1.08. The van der Waals surface area contributed by atoms with Crippen molar-refractivity contribution in [1.29, 1.82) is 0 Å². The minimum Gasteiger partial charge on any atom is -0.345 e. The largest absolute Gasteiger partial charge is 0.345 e. The molecule has 0 bridgehead atoms. The number of nitrogens with two attached hydrogens (primary N) is 1. The third-order valence-corrected chi connectivity index (χ3v) is 2.24. The Balaban J connectivity index is 2.32. The van der Waals surface area contributed by atoms with Gasteiger partial charge in [-0.3, -0.25) is 4.79 Å². The van der Waals surface area contributed by atoms with E-state index in [0.29, 0.717) is 13.1 Å². The molecule has 1 rings (SSSR count). The number of hydrogen-bond donors (Lipinski definition) is 2. The third kappa shape index (κ3) is 1.77. The Kier molecular flexibility index (Phi) is 2.72. The molecule has 0 spiro atoms. The van der Waals surface area contributed by atoms with Crippen LogP contribution < -0.4 is 11.1 Å². The second-order valence-electron chi connectivity index (χ2n) is 3.09. The highest BCUT2D eigenvalue weighted by molar-refractivity contribution is 5.85. The predicted octanol–water partition coefficient (Wildman–Crippen LogP) is -0.135. The predicted molar refractivity (Wildman–Crippen MR) is 47.2 cm³/mol. The van der Waals surface area contributed by atoms with Gasteiger partial charge in [-0.2, -0.15) is 0 Å². The van der Waals surface area contributed by atoms with Crippen molar-refractivity contribution in [2.45, 2.75) is 19.8 Å². The highest BCUT2D eigenvalue weighted by Crippen LogP contribution is 2.44. The van der Waals surface area contributed by atoms with Crippen LogP contribution in [0.1, 0.15) is 19.8 Å². The van der Waals surface area contributed by atoms with E-state index in [-0.39, 0.29) is 11.3 Å². The number of carbonyl (C=O) groups excluding carboxylic acids is 1. The molecule has 1 aliphatic carbocycles. The lowest BCUT2D eigenvalue weighted by Crippen LogP contribution is -2.36. The van der Waals surface area contributed by atoms with E-state index in [0.717, 1.165) is 12.8 Å². The molecular weight excluding hydrogens is 152 g/mol. The molecule has 1 aliphatic rings. The highest BCUT2D eigenvalue weighted by atomic mass is 16.2. The van der Waals surface area contributed by atoms with Gasteiger partial charge in [0.15, 0.2) is 0 Å². The maximum atomic E-state index is 11.4. The lowest BCUT2D eigenvalue weighted by atomic mass is 10.1. The first-order chi connectivity index (χ1) is 5.75. The first kappa shape index (κ1) is 9.08. The van der Waals surface area contributed by atoms with Crippen molar-refractivity contribution < 1.29 is 4.79 Å². The quantitative estimate of drug-likeness (QED) is 0.574. The molecule has 0 heterocycles. The lowest BCUT2D eigenvalue weighted by molar-refractivity contribution is -0.125. The van der Waals surface area contributed by atoms with E-state index < -0.39 is 0 Å². The Morgan fingerprint density at radius 3 is 2.75 bits per heavy atom. The van der Waals surface area contributed by atoms with Crippen molar-refractivity contribution in [3.05, 3.63) is 0 Å². The molecular formula is C9H14N2O. The van der Waals surface area contributed by atoms with Crippen LogP contribution in [0.3, 0.4) is 0 Å². The summed E-state index contributed by atoms with van der Waals surface area (Å²) in [5.41, 5.74) is 5.24. The Morgan fingerprint density at radius 1 is 1.67 bits per heavy atom. The molecule has 1 fully saturated rings. The molecule has 66 valence electrons. The Labute approximate surface area is 72.7 Å². The minimum absolute atomic E-state index is 0.0627. The third-order valence-electron chi connectivity index (χ3n) is 2.24. The van der Waals surface area contributed by atoms with Gasteiger partial charge in [0.1, 0.15) is 0 Å². The van der Waals surface area contributed by atoms with Crippen molar-refractivity contribution >= 4 is 5.91 Å². The van der Waals surface area contributed by atoms with Crippen LogP contribution in [0.25, 0.3) is 0 Å². The maximum Gasteiger partial charge on any atom is 0.228 e. The van der Waals surface area contributed by atoms with Gasteiger partial charge in [0.25, 0.3) is 0 Å².